The molecular weight excluding hydrogens is 342 g/mol. The standard InChI is InChI=1S/C20H21N5O2/c1-13(2)15-8-10-16(11-9-15)20-22-24-25(23-20)12-19(27)21-18-7-5-4-6-17(18)14(3)26/h4-11,13H,12H2,1-3H3,(H,21,27). The van der Waals surface area contributed by atoms with Gasteiger partial charge in [-0.05, 0) is 35.8 Å². The number of rotatable bonds is 6. The third kappa shape index (κ3) is 4.44. The quantitative estimate of drug-likeness (QED) is 0.679. The van der Waals surface area contributed by atoms with Gasteiger partial charge < -0.3 is 5.32 Å². The zero-order chi connectivity index (χ0) is 19.4. The average Bonchev–Trinajstić information content (AvgIpc) is 3.10. The molecular formula is C20H21N5O2. The number of amides is 1. The van der Waals surface area contributed by atoms with E-state index in [9.17, 15) is 9.59 Å². The van der Waals surface area contributed by atoms with E-state index in [1.807, 2.05) is 24.3 Å². The van der Waals surface area contributed by atoms with Crippen molar-refractivity contribution in [1.82, 2.24) is 20.2 Å². The van der Waals surface area contributed by atoms with Crippen LogP contribution in [0.15, 0.2) is 48.5 Å². The van der Waals surface area contributed by atoms with Crippen LogP contribution in [0.5, 0.6) is 0 Å². The van der Waals surface area contributed by atoms with Crippen LogP contribution in [0.3, 0.4) is 0 Å². The van der Waals surface area contributed by atoms with Gasteiger partial charge in [-0.3, -0.25) is 9.59 Å². The third-order valence-electron chi connectivity index (χ3n) is 4.15. The number of aromatic nitrogens is 4. The minimum absolute atomic E-state index is 0.0939. The normalized spacial score (nSPS) is 10.8. The van der Waals surface area contributed by atoms with Gasteiger partial charge in [0.25, 0.3) is 0 Å². The molecule has 3 aromatic rings. The van der Waals surface area contributed by atoms with Crippen molar-refractivity contribution in [2.75, 3.05) is 5.32 Å². The molecule has 7 nitrogen and oxygen atoms in total. The van der Waals surface area contributed by atoms with E-state index < -0.39 is 0 Å². The first kappa shape index (κ1) is 18.4. The van der Waals surface area contributed by atoms with E-state index in [0.717, 1.165) is 5.56 Å². The van der Waals surface area contributed by atoms with Gasteiger partial charge in [0.2, 0.25) is 11.7 Å². The molecule has 1 heterocycles. The highest BCUT2D eigenvalue weighted by atomic mass is 16.2. The molecule has 1 aromatic heterocycles. The Hall–Kier alpha value is -3.35. The third-order valence-corrected chi connectivity index (χ3v) is 4.15. The maximum absolute atomic E-state index is 12.3. The van der Waals surface area contributed by atoms with Crippen LogP contribution in [0.25, 0.3) is 11.4 Å². The Bertz CT molecular complexity index is 961. The largest absolute Gasteiger partial charge is 0.324 e. The first-order valence-corrected chi connectivity index (χ1v) is 8.72. The molecule has 0 saturated heterocycles. The summed E-state index contributed by atoms with van der Waals surface area (Å²) < 4.78 is 0. The number of carbonyl (C=O) groups is 2. The summed E-state index contributed by atoms with van der Waals surface area (Å²) in [5.74, 6) is 0.464. The van der Waals surface area contributed by atoms with Crippen LogP contribution in [0.4, 0.5) is 5.69 Å². The minimum Gasteiger partial charge on any atom is -0.324 e. The molecule has 0 aliphatic rings. The fraction of sp³-hybridized carbons (Fsp3) is 0.250. The monoisotopic (exact) mass is 363 g/mol. The lowest BCUT2D eigenvalue weighted by Gasteiger charge is -2.08. The van der Waals surface area contributed by atoms with Crippen LogP contribution in [0, 0.1) is 0 Å². The van der Waals surface area contributed by atoms with Crippen LogP contribution in [-0.4, -0.2) is 31.9 Å². The predicted octanol–water partition coefficient (Wildman–Crippen LogP) is 3.30. The van der Waals surface area contributed by atoms with Gasteiger partial charge in [0.15, 0.2) is 5.78 Å². The number of hydrogen-bond acceptors (Lipinski definition) is 5. The van der Waals surface area contributed by atoms with E-state index in [1.165, 1.54) is 17.3 Å². The Morgan fingerprint density at radius 1 is 1.07 bits per heavy atom. The van der Waals surface area contributed by atoms with E-state index in [1.54, 1.807) is 24.3 Å². The molecule has 0 spiro atoms. The zero-order valence-electron chi connectivity index (χ0n) is 15.5. The molecule has 1 N–H and O–H groups in total. The number of para-hydroxylation sites is 1. The van der Waals surface area contributed by atoms with Gasteiger partial charge in [-0.25, -0.2) is 0 Å². The molecule has 7 heteroatoms. The van der Waals surface area contributed by atoms with Crippen LogP contribution < -0.4 is 5.32 Å². The molecule has 2 aromatic carbocycles. The lowest BCUT2D eigenvalue weighted by molar-refractivity contribution is -0.117. The molecule has 0 atom stereocenters. The molecule has 1 amide bonds. The van der Waals surface area contributed by atoms with Crippen LogP contribution in [0.1, 0.15) is 42.6 Å². The van der Waals surface area contributed by atoms with E-state index in [2.05, 4.69) is 34.6 Å². The molecule has 0 bridgehead atoms. The van der Waals surface area contributed by atoms with Gasteiger partial charge >= 0.3 is 0 Å². The van der Waals surface area contributed by atoms with Crippen LogP contribution >= 0.6 is 0 Å². The Morgan fingerprint density at radius 2 is 1.78 bits per heavy atom. The second-order valence-corrected chi connectivity index (χ2v) is 6.57. The molecule has 0 aliphatic heterocycles. The number of benzene rings is 2. The van der Waals surface area contributed by atoms with Gasteiger partial charge in [0.05, 0.1) is 5.69 Å². The van der Waals surface area contributed by atoms with E-state index in [0.29, 0.717) is 23.0 Å². The van der Waals surface area contributed by atoms with Crippen molar-refractivity contribution in [2.24, 2.45) is 0 Å². The number of ketones is 1. The molecule has 0 fully saturated rings. The molecule has 0 saturated carbocycles. The zero-order valence-corrected chi connectivity index (χ0v) is 15.5. The summed E-state index contributed by atoms with van der Waals surface area (Å²) in [4.78, 5) is 25.1. The summed E-state index contributed by atoms with van der Waals surface area (Å²) in [7, 11) is 0. The second kappa shape index (κ2) is 7.90. The highest BCUT2D eigenvalue weighted by Gasteiger charge is 2.13. The van der Waals surface area contributed by atoms with Gasteiger partial charge in [0.1, 0.15) is 6.54 Å². The van der Waals surface area contributed by atoms with Gasteiger partial charge in [-0.2, -0.15) is 4.80 Å². The highest BCUT2D eigenvalue weighted by Crippen LogP contribution is 2.19. The van der Waals surface area contributed by atoms with Gasteiger partial charge in [-0.1, -0.05) is 50.2 Å². The Balaban J connectivity index is 1.69. The topological polar surface area (TPSA) is 89.8 Å². The lowest BCUT2D eigenvalue weighted by Crippen LogP contribution is -2.21. The Morgan fingerprint density at radius 3 is 2.44 bits per heavy atom. The smallest absolute Gasteiger partial charge is 0.248 e. The molecule has 0 aliphatic carbocycles. The van der Waals surface area contributed by atoms with Crippen molar-refractivity contribution in [1.29, 1.82) is 0 Å². The van der Waals surface area contributed by atoms with Gasteiger partial charge in [-0.15, -0.1) is 10.2 Å². The van der Waals surface area contributed by atoms with E-state index in [-0.39, 0.29) is 18.2 Å². The van der Waals surface area contributed by atoms with Crippen LogP contribution in [-0.2, 0) is 11.3 Å². The average molecular weight is 363 g/mol. The molecule has 0 unspecified atom stereocenters. The number of nitrogens with one attached hydrogen (secondary N) is 1. The van der Waals surface area contributed by atoms with Crippen molar-refractivity contribution in [3.63, 3.8) is 0 Å². The molecule has 0 radical (unpaired) electrons. The summed E-state index contributed by atoms with van der Waals surface area (Å²) in [6.07, 6.45) is 0. The lowest BCUT2D eigenvalue weighted by atomic mass is 10.0. The van der Waals surface area contributed by atoms with Crippen molar-refractivity contribution in [3.8, 4) is 11.4 Å². The van der Waals surface area contributed by atoms with Crippen molar-refractivity contribution in [3.05, 3.63) is 59.7 Å². The fourth-order valence-electron chi connectivity index (χ4n) is 2.66. The number of tetrazole rings is 1. The SMILES string of the molecule is CC(=O)c1ccccc1NC(=O)Cn1nnc(-c2ccc(C(C)C)cc2)n1. The Labute approximate surface area is 157 Å². The van der Waals surface area contributed by atoms with Crippen molar-refractivity contribution >= 4 is 17.4 Å². The number of nitrogens with zero attached hydrogens (tertiary/aromatic N) is 4. The first-order valence-electron chi connectivity index (χ1n) is 8.72. The summed E-state index contributed by atoms with van der Waals surface area (Å²) >= 11 is 0. The first-order chi connectivity index (χ1) is 12.9. The number of anilines is 1. The van der Waals surface area contributed by atoms with E-state index in [4.69, 9.17) is 0 Å². The molecule has 3 rings (SSSR count). The predicted molar refractivity (Wildman–Crippen MR) is 102 cm³/mol. The Kier molecular flexibility index (Phi) is 5.40. The van der Waals surface area contributed by atoms with E-state index >= 15 is 0 Å². The van der Waals surface area contributed by atoms with Crippen LogP contribution in [0.2, 0.25) is 0 Å². The van der Waals surface area contributed by atoms with Gasteiger partial charge in [0, 0.05) is 11.1 Å². The van der Waals surface area contributed by atoms with Crippen molar-refractivity contribution in [2.45, 2.75) is 33.2 Å². The number of hydrogen-bond donors (Lipinski definition) is 1. The minimum atomic E-state index is -0.331. The summed E-state index contributed by atoms with van der Waals surface area (Å²) in [5.41, 5.74) is 3.01. The fourth-order valence-corrected chi connectivity index (χ4v) is 2.66. The molecule has 138 valence electrons. The maximum Gasteiger partial charge on any atom is 0.248 e. The second-order valence-electron chi connectivity index (χ2n) is 6.57. The molecule has 27 heavy (non-hydrogen) atoms. The number of Topliss-reactive ketones (excluding diaryl/α,β-unsaturated/α-hetero) is 1. The summed E-state index contributed by atoms with van der Waals surface area (Å²) in [5, 5.41) is 14.9. The maximum atomic E-state index is 12.3. The highest BCUT2D eigenvalue weighted by molar-refractivity contribution is 6.03. The number of carbonyl (C=O) groups excluding carboxylic acids is 2. The summed E-state index contributed by atoms with van der Waals surface area (Å²) in [6.45, 7) is 5.63. The summed E-state index contributed by atoms with van der Waals surface area (Å²) in [6, 6.07) is 14.8. The van der Waals surface area contributed by atoms with Crippen molar-refractivity contribution < 1.29 is 9.59 Å².